The van der Waals surface area contributed by atoms with Crippen molar-refractivity contribution in [1.29, 1.82) is 0 Å². The average Bonchev–Trinajstić information content (AvgIpc) is 3.92. The molecular formula is C58H37NO2. The first-order valence-corrected chi connectivity index (χ1v) is 20.7. The molecule has 0 amide bonds. The van der Waals surface area contributed by atoms with Crippen LogP contribution in [0.5, 0.6) is 0 Å². The minimum atomic E-state index is 0.839. The summed E-state index contributed by atoms with van der Waals surface area (Å²) in [7, 11) is 0. The largest absolute Gasteiger partial charge is 0.455 e. The van der Waals surface area contributed by atoms with Gasteiger partial charge in [-0.2, -0.15) is 0 Å². The van der Waals surface area contributed by atoms with Crippen LogP contribution in [-0.2, 0) is 0 Å². The van der Waals surface area contributed by atoms with Crippen molar-refractivity contribution in [2.45, 2.75) is 0 Å². The fourth-order valence-electron chi connectivity index (χ4n) is 9.17. The topological polar surface area (TPSA) is 29.5 Å². The van der Waals surface area contributed by atoms with Crippen molar-refractivity contribution in [2.75, 3.05) is 4.90 Å². The molecular weight excluding hydrogens is 743 g/mol. The molecule has 286 valence electrons. The van der Waals surface area contributed by atoms with Crippen molar-refractivity contribution < 1.29 is 8.83 Å². The number of hydrogen-bond donors (Lipinski definition) is 0. The monoisotopic (exact) mass is 779 g/mol. The summed E-state index contributed by atoms with van der Waals surface area (Å²) in [5, 5.41) is 6.63. The second-order valence-electron chi connectivity index (χ2n) is 15.6. The maximum absolute atomic E-state index is 6.89. The van der Waals surface area contributed by atoms with Gasteiger partial charge in [-0.1, -0.05) is 176 Å². The second-order valence-corrected chi connectivity index (χ2v) is 15.6. The quantitative estimate of drug-likeness (QED) is 0.161. The van der Waals surface area contributed by atoms with Crippen LogP contribution < -0.4 is 4.90 Å². The normalized spacial score (nSPS) is 11.6. The van der Waals surface area contributed by atoms with Crippen LogP contribution in [0, 0.1) is 0 Å². The summed E-state index contributed by atoms with van der Waals surface area (Å²) in [6.45, 7) is 0. The van der Waals surface area contributed by atoms with E-state index >= 15 is 0 Å². The molecule has 0 unspecified atom stereocenters. The highest BCUT2D eigenvalue weighted by Gasteiger charge is 2.23. The molecule has 3 nitrogen and oxygen atoms in total. The lowest BCUT2D eigenvalue weighted by Gasteiger charge is -2.27. The fourth-order valence-corrected chi connectivity index (χ4v) is 9.17. The van der Waals surface area contributed by atoms with Gasteiger partial charge in [0.05, 0.1) is 11.1 Å². The molecule has 0 atom stereocenters. The molecule has 0 saturated carbocycles. The van der Waals surface area contributed by atoms with E-state index in [0.717, 1.165) is 94.0 Å². The molecule has 12 rings (SSSR count). The predicted octanol–water partition coefficient (Wildman–Crippen LogP) is 16.8. The molecule has 0 aliphatic heterocycles. The Morgan fingerprint density at radius 3 is 1.59 bits per heavy atom. The van der Waals surface area contributed by atoms with Crippen molar-refractivity contribution in [1.82, 2.24) is 0 Å². The fraction of sp³-hybridized carbons (Fsp3) is 0. The minimum Gasteiger partial charge on any atom is -0.455 e. The molecule has 2 heterocycles. The Labute approximate surface area is 353 Å². The van der Waals surface area contributed by atoms with Crippen molar-refractivity contribution in [2.24, 2.45) is 0 Å². The Bertz CT molecular complexity index is 3560. The minimum absolute atomic E-state index is 0.839. The number of fused-ring (bicyclic) bond motifs is 8. The Hall–Kier alpha value is -8.14. The van der Waals surface area contributed by atoms with Crippen molar-refractivity contribution in [3.63, 3.8) is 0 Å². The smallest absolute Gasteiger partial charge is 0.143 e. The van der Waals surface area contributed by atoms with Gasteiger partial charge in [-0.05, 0) is 92.9 Å². The zero-order valence-corrected chi connectivity index (χ0v) is 33.1. The Morgan fingerprint density at radius 1 is 0.279 bits per heavy atom. The van der Waals surface area contributed by atoms with E-state index in [1.165, 1.54) is 22.3 Å². The van der Waals surface area contributed by atoms with Crippen LogP contribution in [0.1, 0.15) is 0 Å². The van der Waals surface area contributed by atoms with E-state index < -0.39 is 0 Å². The van der Waals surface area contributed by atoms with Gasteiger partial charge in [0.1, 0.15) is 22.3 Å². The Kier molecular flexibility index (Phi) is 8.17. The summed E-state index contributed by atoms with van der Waals surface area (Å²) in [5.74, 6) is 0. The van der Waals surface area contributed by atoms with Crippen molar-refractivity contribution in [3.05, 3.63) is 224 Å². The van der Waals surface area contributed by atoms with Gasteiger partial charge in [0.25, 0.3) is 0 Å². The van der Waals surface area contributed by atoms with E-state index in [4.69, 9.17) is 8.83 Å². The molecule has 12 aromatic rings. The number of rotatable bonds is 7. The zero-order chi connectivity index (χ0) is 40.3. The summed E-state index contributed by atoms with van der Waals surface area (Å²) < 4.78 is 13.4. The molecule has 0 aliphatic carbocycles. The highest BCUT2D eigenvalue weighted by Crippen LogP contribution is 2.47. The van der Waals surface area contributed by atoms with Gasteiger partial charge in [-0.25, -0.2) is 0 Å². The molecule has 0 bridgehead atoms. The van der Waals surface area contributed by atoms with E-state index in [9.17, 15) is 0 Å². The van der Waals surface area contributed by atoms with Crippen LogP contribution in [0.2, 0.25) is 0 Å². The van der Waals surface area contributed by atoms with Crippen LogP contribution >= 0.6 is 0 Å². The second kappa shape index (κ2) is 14.3. The first-order chi connectivity index (χ1) is 30.2. The average molecular weight is 780 g/mol. The molecule has 0 spiro atoms. The zero-order valence-electron chi connectivity index (χ0n) is 33.1. The van der Waals surface area contributed by atoms with Crippen molar-refractivity contribution in [3.8, 4) is 44.5 Å². The van der Waals surface area contributed by atoms with Gasteiger partial charge in [0.2, 0.25) is 0 Å². The number of para-hydroxylation sites is 2. The van der Waals surface area contributed by atoms with E-state index in [0.29, 0.717) is 0 Å². The first-order valence-electron chi connectivity index (χ1n) is 20.7. The number of hydrogen-bond acceptors (Lipinski definition) is 3. The third kappa shape index (κ3) is 5.90. The Morgan fingerprint density at radius 2 is 0.803 bits per heavy atom. The number of benzene rings is 10. The maximum atomic E-state index is 6.89. The van der Waals surface area contributed by atoms with Crippen LogP contribution in [-0.4, -0.2) is 0 Å². The van der Waals surface area contributed by atoms with Gasteiger partial charge < -0.3 is 13.7 Å². The van der Waals surface area contributed by atoms with E-state index in [1.807, 2.05) is 12.1 Å². The third-order valence-electron chi connectivity index (χ3n) is 12.1. The lowest BCUT2D eigenvalue weighted by molar-refractivity contribution is 0.670. The van der Waals surface area contributed by atoms with Gasteiger partial charge in [0.15, 0.2) is 0 Å². The highest BCUT2D eigenvalue weighted by atomic mass is 16.3. The van der Waals surface area contributed by atoms with E-state index in [2.05, 4.69) is 217 Å². The standard InChI is InChI=1S/C58H37NO2/c1-3-14-38(15-4-1)40-28-30-42(31-29-40)51-37-52-56-53(25-13-27-55(56)61-58(52)49-22-8-7-20-47(49)51)59(45-19-11-18-43(36-45)39-16-5-2-6-17-39)44-34-32-41(33-35-44)46-23-12-24-50-48-21-9-10-26-54(48)60-57(46)50/h1-37H. The summed E-state index contributed by atoms with van der Waals surface area (Å²) in [4.78, 5) is 2.37. The van der Waals surface area contributed by atoms with Crippen LogP contribution in [0.25, 0.3) is 99.2 Å². The van der Waals surface area contributed by atoms with Gasteiger partial charge in [-0.15, -0.1) is 0 Å². The molecule has 0 saturated heterocycles. The predicted molar refractivity (Wildman–Crippen MR) is 255 cm³/mol. The molecule has 2 aromatic heterocycles. The van der Waals surface area contributed by atoms with E-state index in [1.54, 1.807) is 0 Å². The number of nitrogens with zero attached hydrogens (tertiary/aromatic N) is 1. The van der Waals surface area contributed by atoms with Crippen molar-refractivity contribution >= 4 is 71.7 Å². The lowest BCUT2D eigenvalue weighted by Crippen LogP contribution is -2.10. The molecule has 0 radical (unpaired) electrons. The van der Waals surface area contributed by atoms with E-state index in [-0.39, 0.29) is 0 Å². The van der Waals surface area contributed by atoms with Gasteiger partial charge in [0, 0.05) is 38.5 Å². The van der Waals surface area contributed by atoms with Gasteiger partial charge >= 0.3 is 0 Å². The van der Waals surface area contributed by atoms with Crippen LogP contribution in [0.3, 0.4) is 0 Å². The molecule has 61 heavy (non-hydrogen) atoms. The molecule has 3 heteroatoms. The molecule has 10 aromatic carbocycles. The summed E-state index contributed by atoms with van der Waals surface area (Å²) in [5.41, 5.74) is 15.8. The third-order valence-corrected chi connectivity index (χ3v) is 12.1. The summed E-state index contributed by atoms with van der Waals surface area (Å²) in [6, 6.07) is 79.8. The first kappa shape index (κ1) is 34.9. The SMILES string of the molecule is c1ccc(-c2ccc(-c3cc4c(oc5cccc(N(c6ccc(-c7cccc8c7oc7ccccc78)cc6)c6cccc(-c7ccccc7)c6)c54)c4ccccc34)cc2)cc1. The maximum Gasteiger partial charge on any atom is 0.143 e. The number of anilines is 3. The van der Waals surface area contributed by atoms with Gasteiger partial charge in [-0.3, -0.25) is 0 Å². The molecule has 0 aliphatic rings. The van der Waals surface area contributed by atoms with Crippen LogP contribution in [0.4, 0.5) is 17.1 Å². The molecule has 0 N–H and O–H groups in total. The van der Waals surface area contributed by atoms with Crippen LogP contribution in [0.15, 0.2) is 233 Å². The number of furan rings is 2. The Balaban J connectivity index is 1.06. The lowest BCUT2D eigenvalue weighted by atomic mass is 9.93. The summed E-state index contributed by atoms with van der Waals surface area (Å²) >= 11 is 0. The molecule has 0 fully saturated rings. The summed E-state index contributed by atoms with van der Waals surface area (Å²) in [6.07, 6.45) is 0. The highest BCUT2D eigenvalue weighted by molar-refractivity contribution is 6.22.